The minimum Gasteiger partial charge on any atom is -0.398 e. The molecule has 0 aliphatic rings. The molecule has 3 nitrogen and oxygen atoms in total. The highest BCUT2D eigenvalue weighted by atomic mass is 35.5. The first kappa shape index (κ1) is 9.73. The molecule has 0 radical (unpaired) electrons. The Morgan fingerprint density at radius 3 is 2.62 bits per heavy atom. The second-order valence-electron chi connectivity index (χ2n) is 2.15. The van der Waals surface area contributed by atoms with E-state index < -0.39 is 0 Å². The zero-order valence-electron chi connectivity index (χ0n) is 6.41. The van der Waals surface area contributed by atoms with Crippen molar-refractivity contribution in [2.24, 2.45) is 0 Å². The fraction of sp³-hybridized carbons (Fsp3) is 0. The molecule has 13 heavy (non-hydrogen) atoms. The lowest BCUT2D eigenvalue weighted by Crippen LogP contribution is -1.91. The molecule has 0 atom stereocenters. The number of nitrogens with zero attached hydrogens (tertiary/aromatic N) is 2. The number of nitrogen functional groups attached to an aromatic ring is 1. The van der Waals surface area contributed by atoms with Gasteiger partial charge in [-0.25, -0.2) is 0 Å². The Hall–Kier alpha value is -1.36. The van der Waals surface area contributed by atoms with Gasteiger partial charge in [0.15, 0.2) is 0 Å². The lowest BCUT2D eigenvalue weighted by atomic mass is 10.2. The Morgan fingerprint density at radius 1 is 1.38 bits per heavy atom. The maximum atomic E-state index is 8.69. The lowest BCUT2D eigenvalue weighted by molar-refractivity contribution is 1.41. The van der Waals surface area contributed by atoms with Gasteiger partial charge in [0.1, 0.15) is 11.5 Å². The molecule has 0 fully saturated rings. The van der Waals surface area contributed by atoms with Crippen molar-refractivity contribution in [3.8, 4) is 11.5 Å². The molecular weight excluding hydrogens is 206 g/mol. The quantitative estimate of drug-likeness (QED) is 0.438. The summed E-state index contributed by atoms with van der Waals surface area (Å²) in [4.78, 5) is 0.551. The molecule has 0 heterocycles. The molecular formula is C8H4ClN3S. The van der Waals surface area contributed by atoms with Crippen molar-refractivity contribution in [1.82, 2.24) is 0 Å². The van der Waals surface area contributed by atoms with Crippen LogP contribution in [0.25, 0.3) is 0 Å². The van der Waals surface area contributed by atoms with Crippen molar-refractivity contribution in [1.29, 1.82) is 10.5 Å². The highest BCUT2D eigenvalue weighted by Gasteiger charge is 2.09. The van der Waals surface area contributed by atoms with Gasteiger partial charge in [0.05, 0.1) is 16.3 Å². The molecule has 2 N–H and O–H groups in total. The summed E-state index contributed by atoms with van der Waals surface area (Å²) >= 11 is 6.73. The summed E-state index contributed by atoms with van der Waals surface area (Å²) in [5.41, 5.74) is 6.05. The van der Waals surface area contributed by atoms with E-state index in [9.17, 15) is 0 Å². The molecule has 0 spiro atoms. The summed E-state index contributed by atoms with van der Waals surface area (Å²) in [5.74, 6) is 0. The largest absolute Gasteiger partial charge is 0.398 e. The summed E-state index contributed by atoms with van der Waals surface area (Å²) < 4.78 is 0. The number of nitrogens with two attached hydrogens (primary N) is 1. The first-order valence-electron chi connectivity index (χ1n) is 3.24. The van der Waals surface area contributed by atoms with Gasteiger partial charge in [-0.05, 0) is 23.9 Å². The van der Waals surface area contributed by atoms with Gasteiger partial charge in [-0.15, -0.1) is 0 Å². The van der Waals surface area contributed by atoms with Gasteiger partial charge in [0.2, 0.25) is 0 Å². The Morgan fingerprint density at radius 2 is 2.08 bits per heavy atom. The SMILES string of the molecule is N#CSc1ccc(N)c(C#N)c1Cl. The minimum atomic E-state index is 0.224. The Kier molecular flexibility index (Phi) is 3.02. The molecule has 0 aromatic heterocycles. The van der Waals surface area contributed by atoms with Crippen LogP contribution in [0.3, 0.4) is 0 Å². The second-order valence-corrected chi connectivity index (χ2v) is 3.35. The van der Waals surface area contributed by atoms with E-state index in [1.54, 1.807) is 12.1 Å². The molecule has 0 saturated heterocycles. The van der Waals surface area contributed by atoms with Crippen LogP contribution >= 0.6 is 23.4 Å². The summed E-state index contributed by atoms with van der Waals surface area (Å²) in [6.07, 6.45) is 0. The molecule has 64 valence electrons. The van der Waals surface area contributed by atoms with Crippen LogP contribution in [-0.4, -0.2) is 0 Å². The highest BCUT2D eigenvalue weighted by Crippen LogP contribution is 2.32. The van der Waals surface area contributed by atoms with Gasteiger partial charge in [0, 0.05) is 4.90 Å². The summed E-state index contributed by atoms with van der Waals surface area (Å²) in [6, 6.07) is 5.06. The van der Waals surface area contributed by atoms with Gasteiger partial charge in [-0.3, -0.25) is 0 Å². The third-order valence-electron chi connectivity index (χ3n) is 1.41. The van der Waals surface area contributed by atoms with Crippen LogP contribution in [0.2, 0.25) is 5.02 Å². The van der Waals surface area contributed by atoms with E-state index in [-0.39, 0.29) is 10.6 Å². The fourth-order valence-corrected chi connectivity index (χ4v) is 1.57. The number of thioether (sulfide) groups is 1. The molecule has 0 amide bonds. The number of hydrogen-bond acceptors (Lipinski definition) is 4. The molecule has 0 bridgehead atoms. The van der Waals surface area contributed by atoms with Crippen molar-refractivity contribution in [3.63, 3.8) is 0 Å². The topological polar surface area (TPSA) is 73.6 Å². The fourth-order valence-electron chi connectivity index (χ4n) is 0.814. The molecule has 0 unspecified atom stereocenters. The molecule has 1 aromatic carbocycles. The van der Waals surface area contributed by atoms with Crippen LogP contribution < -0.4 is 5.73 Å². The molecule has 0 saturated carbocycles. The second kappa shape index (κ2) is 4.04. The van der Waals surface area contributed by atoms with Gasteiger partial charge in [-0.1, -0.05) is 11.6 Å². The van der Waals surface area contributed by atoms with Gasteiger partial charge in [0.25, 0.3) is 0 Å². The lowest BCUT2D eigenvalue weighted by Gasteiger charge is -2.02. The third-order valence-corrected chi connectivity index (χ3v) is 2.56. The molecule has 1 rings (SSSR count). The van der Waals surface area contributed by atoms with E-state index >= 15 is 0 Å². The summed E-state index contributed by atoms with van der Waals surface area (Å²) in [6.45, 7) is 0. The number of thiocyanates is 1. The molecule has 0 aliphatic carbocycles. The predicted molar refractivity (Wildman–Crippen MR) is 52.0 cm³/mol. The number of halogens is 1. The monoisotopic (exact) mass is 209 g/mol. The minimum absolute atomic E-state index is 0.224. The van der Waals surface area contributed by atoms with Crippen LogP contribution in [0.5, 0.6) is 0 Å². The predicted octanol–water partition coefficient (Wildman–Crippen LogP) is 2.37. The number of anilines is 1. The van der Waals surface area contributed by atoms with Crippen molar-refractivity contribution >= 4 is 29.1 Å². The van der Waals surface area contributed by atoms with E-state index in [4.69, 9.17) is 27.9 Å². The first-order valence-corrected chi connectivity index (χ1v) is 4.44. The van der Waals surface area contributed by atoms with E-state index in [0.29, 0.717) is 10.6 Å². The van der Waals surface area contributed by atoms with Crippen LogP contribution in [0.1, 0.15) is 5.56 Å². The number of nitriles is 2. The van der Waals surface area contributed by atoms with Crippen molar-refractivity contribution in [3.05, 3.63) is 22.7 Å². The van der Waals surface area contributed by atoms with E-state index in [2.05, 4.69) is 0 Å². The number of hydrogen-bond donors (Lipinski definition) is 1. The number of benzene rings is 1. The smallest absolute Gasteiger partial charge is 0.138 e. The summed E-state index contributed by atoms with van der Waals surface area (Å²) in [5, 5.41) is 19.2. The van der Waals surface area contributed by atoms with Crippen LogP contribution in [-0.2, 0) is 0 Å². The van der Waals surface area contributed by atoms with E-state index in [1.807, 2.05) is 11.5 Å². The Labute approximate surface area is 84.7 Å². The van der Waals surface area contributed by atoms with Crippen molar-refractivity contribution < 1.29 is 0 Å². The normalized spacial score (nSPS) is 8.85. The average molecular weight is 210 g/mol. The van der Waals surface area contributed by atoms with Gasteiger partial charge < -0.3 is 5.73 Å². The van der Waals surface area contributed by atoms with E-state index in [0.717, 1.165) is 11.8 Å². The maximum Gasteiger partial charge on any atom is 0.138 e. The van der Waals surface area contributed by atoms with Crippen molar-refractivity contribution in [2.75, 3.05) is 5.73 Å². The van der Waals surface area contributed by atoms with Crippen LogP contribution in [0, 0.1) is 22.0 Å². The maximum absolute atomic E-state index is 8.69. The molecule has 1 aromatic rings. The van der Waals surface area contributed by atoms with Crippen LogP contribution in [0.15, 0.2) is 17.0 Å². The van der Waals surface area contributed by atoms with Crippen LogP contribution in [0.4, 0.5) is 5.69 Å². The zero-order chi connectivity index (χ0) is 9.84. The van der Waals surface area contributed by atoms with Gasteiger partial charge in [-0.2, -0.15) is 10.5 Å². The number of rotatable bonds is 1. The third kappa shape index (κ3) is 1.86. The molecule has 0 aliphatic heterocycles. The summed E-state index contributed by atoms with van der Waals surface area (Å²) in [7, 11) is 0. The standard InChI is InChI=1S/C8H4ClN3S/c9-8-5(3-10)6(12)1-2-7(8)13-4-11/h1-2H,12H2. The van der Waals surface area contributed by atoms with Crippen molar-refractivity contribution in [2.45, 2.75) is 4.90 Å². The first-order chi connectivity index (χ1) is 6.20. The zero-order valence-corrected chi connectivity index (χ0v) is 7.99. The van der Waals surface area contributed by atoms with E-state index in [1.165, 1.54) is 0 Å². The highest BCUT2D eigenvalue weighted by molar-refractivity contribution is 8.03. The average Bonchev–Trinajstić information content (AvgIpc) is 2.11. The van der Waals surface area contributed by atoms with Gasteiger partial charge >= 0.3 is 0 Å². The Balaban J connectivity index is 3.31. The Bertz CT molecular complexity index is 417. The molecule has 5 heteroatoms.